The SMILES string of the molecule is CCC(CC)C(=O)C=C(O)C(CC)CC.Cc1cccc(C)c1-c1nc2nccnc2nc1-c1[c-]c2ccccc2c(C(C)(C)C)c1.[Ir]. The minimum Gasteiger partial charge on any atom is -0.512 e. The second kappa shape index (κ2) is 17.0. The van der Waals surface area contributed by atoms with Gasteiger partial charge in [-0.25, -0.2) is 15.0 Å². The average Bonchev–Trinajstić information content (AvgIpc) is 3.05. The molecule has 6 nitrogen and oxygen atoms in total. The number of hydrogen-bond donors (Lipinski definition) is 1. The van der Waals surface area contributed by atoms with Crippen LogP contribution in [0.25, 0.3) is 44.6 Å². The number of allylic oxidation sites excluding steroid dienone is 2. The molecule has 0 atom stereocenters. The molecular formula is C41H49IrN4O2-. The number of nitrogens with zero attached hydrogens (tertiary/aromatic N) is 4. The molecule has 0 aliphatic carbocycles. The predicted octanol–water partition coefficient (Wildman–Crippen LogP) is 10.5. The number of aliphatic hydroxyl groups is 1. The molecule has 255 valence electrons. The molecule has 0 unspecified atom stereocenters. The molecular weight excluding hydrogens is 773 g/mol. The van der Waals surface area contributed by atoms with Gasteiger partial charge in [0.1, 0.15) is 0 Å². The standard InChI is InChI=1S/C28H25N4.C13H24O2.Ir/c1-17-9-8-10-18(2)23(17)25-24(31-26-27(32-25)30-14-13-29-26)20-15-19-11-6-7-12-21(19)22(16-20)28(3,4)5;1-5-10(6-2)12(14)9-13(15)11(7-3)8-4;/h6-14,16H,1-5H3;9-11,14H,5-8H2,1-4H3;/q-1;;. The molecule has 7 heteroatoms. The summed E-state index contributed by atoms with van der Waals surface area (Å²) in [5.74, 6) is 0.547. The van der Waals surface area contributed by atoms with Gasteiger partial charge in [0.05, 0.1) is 11.5 Å². The summed E-state index contributed by atoms with van der Waals surface area (Å²) < 4.78 is 0. The normalized spacial score (nSPS) is 11.9. The number of benzene rings is 3. The molecule has 48 heavy (non-hydrogen) atoms. The third-order valence-corrected chi connectivity index (χ3v) is 8.96. The molecule has 1 radical (unpaired) electrons. The van der Waals surface area contributed by atoms with Crippen LogP contribution in [0.5, 0.6) is 0 Å². The van der Waals surface area contributed by atoms with Crippen LogP contribution in [0.2, 0.25) is 0 Å². The van der Waals surface area contributed by atoms with Gasteiger partial charge < -0.3 is 5.11 Å². The van der Waals surface area contributed by atoms with E-state index in [4.69, 9.17) is 9.97 Å². The quantitative estimate of drug-likeness (QED) is 0.0905. The zero-order chi connectivity index (χ0) is 34.3. The smallest absolute Gasteiger partial charge is 0.197 e. The van der Waals surface area contributed by atoms with Crippen LogP contribution in [0.3, 0.4) is 0 Å². The van der Waals surface area contributed by atoms with Gasteiger partial charge in [0.15, 0.2) is 17.1 Å². The maximum atomic E-state index is 11.7. The van der Waals surface area contributed by atoms with E-state index in [9.17, 15) is 9.90 Å². The van der Waals surface area contributed by atoms with Gasteiger partial charge in [0.2, 0.25) is 0 Å². The van der Waals surface area contributed by atoms with Crippen molar-refractivity contribution in [3.05, 3.63) is 95.5 Å². The number of carbonyl (C=O) groups is 1. The number of rotatable bonds is 9. The van der Waals surface area contributed by atoms with Crippen molar-refractivity contribution in [1.29, 1.82) is 0 Å². The predicted molar refractivity (Wildman–Crippen MR) is 194 cm³/mol. The topological polar surface area (TPSA) is 88.9 Å². The van der Waals surface area contributed by atoms with Crippen molar-refractivity contribution in [3.63, 3.8) is 0 Å². The van der Waals surface area contributed by atoms with Crippen LogP contribution < -0.4 is 0 Å². The van der Waals surface area contributed by atoms with E-state index in [-0.39, 0.29) is 48.9 Å². The molecule has 0 amide bonds. The third kappa shape index (κ3) is 8.80. The second-order valence-electron chi connectivity index (χ2n) is 13.3. The Balaban J connectivity index is 0.000000334. The Labute approximate surface area is 299 Å². The van der Waals surface area contributed by atoms with E-state index < -0.39 is 0 Å². The van der Waals surface area contributed by atoms with Gasteiger partial charge in [0, 0.05) is 61.7 Å². The Hall–Kier alpha value is -3.80. The van der Waals surface area contributed by atoms with Crippen LogP contribution in [-0.4, -0.2) is 30.8 Å². The molecule has 0 saturated carbocycles. The Morgan fingerprint density at radius 2 is 1.35 bits per heavy atom. The summed E-state index contributed by atoms with van der Waals surface area (Å²) in [7, 11) is 0. The van der Waals surface area contributed by atoms with Gasteiger partial charge in [-0.3, -0.25) is 9.78 Å². The molecule has 0 aliphatic heterocycles. The Morgan fingerprint density at radius 1 is 0.812 bits per heavy atom. The molecule has 0 saturated heterocycles. The van der Waals surface area contributed by atoms with E-state index in [1.165, 1.54) is 17.0 Å². The van der Waals surface area contributed by atoms with Gasteiger partial charge >= 0.3 is 0 Å². The first-order valence-corrected chi connectivity index (χ1v) is 16.9. The number of fused-ring (bicyclic) bond motifs is 2. The number of hydrogen-bond acceptors (Lipinski definition) is 6. The van der Waals surface area contributed by atoms with Crippen LogP contribution in [0.15, 0.2) is 72.8 Å². The van der Waals surface area contributed by atoms with E-state index >= 15 is 0 Å². The van der Waals surface area contributed by atoms with Gasteiger partial charge in [-0.05, 0) is 56.1 Å². The maximum Gasteiger partial charge on any atom is 0.197 e. The average molecular weight is 822 g/mol. The summed E-state index contributed by atoms with van der Waals surface area (Å²) in [5, 5.41) is 12.0. The molecule has 2 aromatic heterocycles. The minimum atomic E-state index is -0.0354. The number of aryl methyl sites for hydroxylation is 2. The molecule has 0 fully saturated rings. The first-order valence-electron chi connectivity index (χ1n) is 16.9. The van der Waals surface area contributed by atoms with Crippen LogP contribution in [0.4, 0.5) is 0 Å². The largest absolute Gasteiger partial charge is 0.512 e. The van der Waals surface area contributed by atoms with Gasteiger partial charge in [-0.1, -0.05) is 95.8 Å². The maximum absolute atomic E-state index is 11.7. The minimum absolute atomic E-state index is 0. The van der Waals surface area contributed by atoms with E-state index in [1.54, 1.807) is 12.4 Å². The molecule has 0 aliphatic rings. The van der Waals surface area contributed by atoms with E-state index in [0.717, 1.165) is 64.7 Å². The van der Waals surface area contributed by atoms with Crippen molar-refractivity contribution in [2.75, 3.05) is 0 Å². The van der Waals surface area contributed by atoms with Gasteiger partial charge in [-0.15, -0.1) is 29.1 Å². The Bertz CT molecular complexity index is 1870. The number of carbonyl (C=O) groups excluding carboxylic acids is 1. The summed E-state index contributed by atoms with van der Waals surface area (Å²) in [6.45, 7) is 19.0. The zero-order valence-corrected chi connectivity index (χ0v) is 32.2. The fourth-order valence-corrected chi connectivity index (χ4v) is 6.11. The van der Waals surface area contributed by atoms with Crippen LogP contribution in [0.1, 0.15) is 90.8 Å². The van der Waals surface area contributed by atoms with Gasteiger partial charge in [-0.2, -0.15) is 0 Å². The number of aromatic nitrogens is 4. The van der Waals surface area contributed by atoms with Crippen molar-refractivity contribution in [2.24, 2.45) is 11.8 Å². The van der Waals surface area contributed by atoms with Crippen molar-refractivity contribution < 1.29 is 30.0 Å². The van der Waals surface area contributed by atoms with Crippen molar-refractivity contribution in [2.45, 2.75) is 93.4 Å². The number of aliphatic hydroxyl groups excluding tert-OH is 1. The summed E-state index contributed by atoms with van der Waals surface area (Å²) in [6.07, 6.45) is 8.22. The summed E-state index contributed by atoms with van der Waals surface area (Å²) in [5.41, 5.74) is 8.23. The number of ketones is 1. The van der Waals surface area contributed by atoms with Crippen molar-refractivity contribution in [1.82, 2.24) is 19.9 Å². The molecule has 5 rings (SSSR count). The molecule has 5 aromatic rings. The third-order valence-electron chi connectivity index (χ3n) is 8.96. The van der Waals surface area contributed by atoms with Crippen molar-refractivity contribution in [3.8, 4) is 22.5 Å². The summed E-state index contributed by atoms with van der Waals surface area (Å²) in [6, 6.07) is 20.5. The monoisotopic (exact) mass is 822 g/mol. The first-order chi connectivity index (χ1) is 22.4. The second-order valence-corrected chi connectivity index (χ2v) is 13.3. The van der Waals surface area contributed by atoms with E-state index in [0.29, 0.717) is 11.3 Å². The molecule has 0 bridgehead atoms. The summed E-state index contributed by atoms with van der Waals surface area (Å²) >= 11 is 0. The summed E-state index contributed by atoms with van der Waals surface area (Å²) in [4.78, 5) is 30.5. The van der Waals surface area contributed by atoms with Crippen LogP contribution in [-0.2, 0) is 30.3 Å². The Kier molecular flexibility index (Phi) is 13.7. The molecule has 1 N–H and O–H groups in total. The van der Waals surface area contributed by atoms with Crippen LogP contribution >= 0.6 is 0 Å². The fourth-order valence-electron chi connectivity index (χ4n) is 6.11. The van der Waals surface area contributed by atoms with Crippen LogP contribution in [0, 0.1) is 31.7 Å². The fraction of sp³-hybridized carbons (Fsp3) is 0.390. The van der Waals surface area contributed by atoms with E-state index in [2.05, 4.69) is 99.2 Å². The molecule has 2 heterocycles. The van der Waals surface area contributed by atoms with Crippen molar-refractivity contribution >= 4 is 27.9 Å². The Morgan fingerprint density at radius 3 is 1.90 bits per heavy atom. The zero-order valence-electron chi connectivity index (χ0n) is 29.8. The molecule has 3 aromatic carbocycles. The molecule has 0 spiro atoms. The van der Waals surface area contributed by atoms with Gasteiger partial charge in [0.25, 0.3) is 0 Å². The first kappa shape index (κ1) is 38.6. The van der Waals surface area contributed by atoms with E-state index in [1.807, 2.05) is 27.7 Å².